The molecule has 1 N–H and O–H groups in total. The number of furan rings is 1. The van der Waals surface area contributed by atoms with Crippen LogP contribution in [0.4, 0.5) is 5.13 Å². The highest BCUT2D eigenvalue weighted by atomic mass is 32.1. The summed E-state index contributed by atoms with van der Waals surface area (Å²) >= 11 is 1.39. The highest BCUT2D eigenvalue weighted by Gasteiger charge is 2.10. The number of anilines is 1. The molecule has 27 heavy (non-hydrogen) atoms. The molecule has 0 fully saturated rings. The van der Waals surface area contributed by atoms with Gasteiger partial charge in [-0.1, -0.05) is 30.3 Å². The van der Waals surface area contributed by atoms with E-state index in [0.717, 1.165) is 27.5 Å². The lowest BCUT2D eigenvalue weighted by molar-refractivity contribution is -0.142. The van der Waals surface area contributed by atoms with Gasteiger partial charge in [0.2, 0.25) is 5.13 Å². The van der Waals surface area contributed by atoms with Crippen LogP contribution in [0.15, 0.2) is 57.4 Å². The van der Waals surface area contributed by atoms with E-state index in [-0.39, 0.29) is 12.4 Å². The summed E-state index contributed by atoms with van der Waals surface area (Å²) in [7, 11) is 0. The second-order valence-electron chi connectivity index (χ2n) is 5.82. The highest BCUT2D eigenvalue weighted by molar-refractivity contribution is 7.13. The van der Waals surface area contributed by atoms with Crippen LogP contribution in [0.3, 0.4) is 0 Å². The van der Waals surface area contributed by atoms with Crippen LogP contribution in [0.25, 0.3) is 21.9 Å². The zero-order valence-electron chi connectivity index (χ0n) is 14.6. The van der Waals surface area contributed by atoms with Gasteiger partial charge in [0.1, 0.15) is 11.2 Å². The summed E-state index contributed by atoms with van der Waals surface area (Å²) in [6, 6.07) is 13.9. The number of hydrogen-bond donors (Lipinski definition) is 1. The van der Waals surface area contributed by atoms with Crippen molar-refractivity contribution in [3.05, 3.63) is 59.1 Å². The Hall–Kier alpha value is -3.19. The number of benzene rings is 2. The molecule has 0 aliphatic rings. The smallest absolute Gasteiger partial charge is 0.311 e. The topological polar surface area (TPSA) is 76.7 Å². The molecule has 136 valence electrons. The molecule has 4 rings (SSSR count). The van der Waals surface area contributed by atoms with Crippen molar-refractivity contribution in [2.45, 2.75) is 13.3 Å². The number of nitrogens with zero attached hydrogens (tertiary/aromatic N) is 2. The fourth-order valence-corrected chi connectivity index (χ4v) is 3.49. The molecule has 0 spiro atoms. The quantitative estimate of drug-likeness (QED) is 0.301. The number of carbonyl (C=O) groups is 1. The monoisotopic (exact) mass is 379 g/mol. The van der Waals surface area contributed by atoms with E-state index in [4.69, 9.17) is 9.15 Å². The lowest BCUT2D eigenvalue weighted by Crippen LogP contribution is -2.07. The Morgan fingerprint density at radius 2 is 2.11 bits per heavy atom. The predicted molar refractivity (Wildman–Crippen MR) is 107 cm³/mol. The van der Waals surface area contributed by atoms with E-state index in [2.05, 4.69) is 15.5 Å². The standard InChI is InChI=1S/C20H17N3O3S/c1-2-25-18(24)10-14-12-27-20(22-14)23-21-11-13-6-5-8-16-15-7-3-4-9-17(15)26-19(13)16/h3-9,11-12H,2,10H2,1H3,(H,22,23). The summed E-state index contributed by atoms with van der Waals surface area (Å²) in [5.74, 6) is -0.283. The third-order valence-electron chi connectivity index (χ3n) is 3.98. The maximum Gasteiger partial charge on any atom is 0.311 e. The van der Waals surface area contributed by atoms with E-state index in [1.807, 2.05) is 47.8 Å². The van der Waals surface area contributed by atoms with E-state index in [1.54, 1.807) is 13.1 Å². The molecule has 2 aromatic carbocycles. The van der Waals surface area contributed by atoms with Crippen molar-refractivity contribution in [3.63, 3.8) is 0 Å². The fraction of sp³-hybridized carbons (Fsp3) is 0.150. The minimum atomic E-state index is -0.283. The van der Waals surface area contributed by atoms with Crippen LogP contribution in [0.2, 0.25) is 0 Å². The van der Waals surface area contributed by atoms with Gasteiger partial charge < -0.3 is 9.15 Å². The molecule has 0 bridgehead atoms. The van der Waals surface area contributed by atoms with Crippen LogP contribution >= 0.6 is 11.3 Å². The van der Waals surface area contributed by atoms with Crippen molar-refractivity contribution in [1.29, 1.82) is 0 Å². The van der Waals surface area contributed by atoms with Crippen LogP contribution in [0.5, 0.6) is 0 Å². The number of ether oxygens (including phenoxy) is 1. The van der Waals surface area contributed by atoms with Gasteiger partial charge in [-0.25, -0.2) is 4.98 Å². The molecule has 0 amide bonds. The summed E-state index contributed by atoms with van der Waals surface area (Å²) < 4.78 is 10.9. The first-order valence-corrected chi connectivity index (χ1v) is 9.42. The normalized spacial score (nSPS) is 11.4. The van der Waals surface area contributed by atoms with Crippen LogP contribution in [0.1, 0.15) is 18.2 Å². The van der Waals surface area contributed by atoms with E-state index in [9.17, 15) is 4.79 Å². The second-order valence-corrected chi connectivity index (χ2v) is 6.68. The van der Waals surface area contributed by atoms with Crippen LogP contribution in [0, 0.1) is 0 Å². The average Bonchev–Trinajstić information content (AvgIpc) is 3.27. The number of fused-ring (bicyclic) bond motifs is 3. The SMILES string of the molecule is CCOC(=O)Cc1csc(NN=Cc2cccc3c2oc2ccccc23)n1. The Morgan fingerprint density at radius 3 is 3.00 bits per heavy atom. The van der Waals surface area contributed by atoms with Gasteiger partial charge >= 0.3 is 5.97 Å². The van der Waals surface area contributed by atoms with Gasteiger partial charge in [0.15, 0.2) is 0 Å². The third kappa shape index (κ3) is 3.68. The van der Waals surface area contributed by atoms with Crippen molar-refractivity contribution in [1.82, 2.24) is 4.98 Å². The van der Waals surface area contributed by atoms with E-state index in [1.165, 1.54) is 11.3 Å². The molecule has 0 unspecified atom stereocenters. The first kappa shape index (κ1) is 17.2. The van der Waals surface area contributed by atoms with Crippen molar-refractivity contribution >= 4 is 50.6 Å². The highest BCUT2D eigenvalue weighted by Crippen LogP contribution is 2.30. The number of hydrazone groups is 1. The molecule has 0 aliphatic carbocycles. The van der Waals surface area contributed by atoms with Crippen LogP contribution in [-0.2, 0) is 16.0 Å². The summed E-state index contributed by atoms with van der Waals surface area (Å²) in [6.07, 6.45) is 1.87. The molecule has 4 aromatic rings. The Bertz CT molecular complexity index is 1130. The number of para-hydroxylation sites is 2. The number of nitrogens with one attached hydrogen (secondary N) is 1. The number of rotatable bonds is 6. The third-order valence-corrected chi connectivity index (χ3v) is 4.78. The van der Waals surface area contributed by atoms with E-state index < -0.39 is 0 Å². The molecule has 2 aromatic heterocycles. The Labute approximate surface area is 159 Å². The van der Waals surface area contributed by atoms with Gasteiger partial charge in [-0.3, -0.25) is 10.2 Å². The molecule has 2 heterocycles. The number of carbonyl (C=O) groups excluding carboxylic acids is 1. The maximum atomic E-state index is 11.5. The first-order valence-electron chi connectivity index (χ1n) is 8.54. The lowest BCUT2D eigenvalue weighted by Gasteiger charge is -1.98. The second kappa shape index (κ2) is 7.59. The van der Waals surface area contributed by atoms with Gasteiger partial charge in [-0.2, -0.15) is 5.10 Å². The summed E-state index contributed by atoms with van der Waals surface area (Å²) in [5, 5.41) is 8.82. The number of hydrogen-bond acceptors (Lipinski definition) is 7. The molecule has 0 aliphatic heterocycles. The van der Waals surface area contributed by atoms with Crippen molar-refractivity contribution in [2.75, 3.05) is 12.0 Å². The van der Waals surface area contributed by atoms with Gasteiger partial charge in [0.05, 0.1) is 24.9 Å². The Balaban J connectivity index is 1.50. The molecule has 7 heteroatoms. The van der Waals surface area contributed by atoms with Crippen LogP contribution < -0.4 is 5.43 Å². The number of aromatic nitrogens is 1. The number of thiazole rings is 1. The fourth-order valence-electron chi connectivity index (χ4n) is 2.83. The average molecular weight is 379 g/mol. The minimum absolute atomic E-state index is 0.161. The van der Waals surface area contributed by atoms with Gasteiger partial charge in [0, 0.05) is 21.7 Å². The Kier molecular flexibility index (Phi) is 4.84. The van der Waals surface area contributed by atoms with Crippen LogP contribution in [-0.4, -0.2) is 23.8 Å². The largest absolute Gasteiger partial charge is 0.466 e. The minimum Gasteiger partial charge on any atom is -0.466 e. The zero-order chi connectivity index (χ0) is 18.6. The molecular formula is C20H17N3O3S. The van der Waals surface area contributed by atoms with Gasteiger partial charge in [-0.15, -0.1) is 11.3 Å². The summed E-state index contributed by atoms with van der Waals surface area (Å²) in [5.41, 5.74) is 6.09. The molecule has 0 saturated heterocycles. The van der Waals surface area contributed by atoms with Gasteiger partial charge in [-0.05, 0) is 19.1 Å². The predicted octanol–water partition coefficient (Wildman–Crippen LogP) is 4.59. The van der Waals surface area contributed by atoms with E-state index >= 15 is 0 Å². The molecule has 0 radical (unpaired) electrons. The van der Waals surface area contributed by atoms with Gasteiger partial charge in [0.25, 0.3) is 0 Å². The lowest BCUT2D eigenvalue weighted by atomic mass is 10.1. The molecule has 6 nitrogen and oxygen atoms in total. The van der Waals surface area contributed by atoms with E-state index in [0.29, 0.717) is 17.4 Å². The maximum absolute atomic E-state index is 11.5. The zero-order valence-corrected chi connectivity index (χ0v) is 15.5. The van der Waals surface area contributed by atoms with Crippen molar-refractivity contribution in [2.24, 2.45) is 5.10 Å². The molecule has 0 atom stereocenters. The summed E-state index contributed by atoms with van der Waals surface area (Å²) in [6.45, 7) is 2.15. The Morgan fingerprint density at radius 1 is 1.26 bits per heavy atom. The summed E-state index contributed by atoms with van der Waals surface area (Å²) in [4.78, 5) is 15.8. The molecular weight excluding hydrogens is 362 g/mol. The first-order chi connectivity index (χ1) is 13.2. The van der Waals surface area contributed by atoms with Crippen molar-refractivity contribution in [3.8, 4) is 0 Å². The van der Waals surface area contributed by atoms with Crippen molar-refractivity contribution < 1.29 is 13.9 Å². The number of esters is 1. The molecule has 0 saturated carbocycles.